The average molecular weight is 421 g/mol. The Morgan fingerprint density at radius 1 is 1.20 bits per heavy atom. The van der Waals surface area contributed by atoms with Gasteiger partial charge in [-0.1, -0.05) is 24.3 Å². The maximum atomic E-state index is 12.2. The molecule has 0 bridgehead atoms. The van der Waals surface area contributed by atoms with Crippen molar-refractivity contribution in [2.24, 2.45) is 7.05 Å². The fraction of sp³-hybridized carbons (Fsp3) is 0.261. The number of benzene rings is 1. The van der Waals surface area contributed by atoms with Gasteiger partial charge in [0.05, 0.1) is 17.8 Å². The molecule has 0 fully saturated rings. The predicted molar refractivity (Wildman–Crippen MR) is 120 cm³/mol. The van der Waals surface area contributed by atoms with E-state index < -0.39 is 0 Å². The Hall–Kier alpha value is -3.19. The van der Waals surface area contributed by atoms with Crippen molar-refractivity contribution in [2.75, 3.05) is 11.9 Å². The first-order chi connectivity index (χ1) is 14.6. The summed E-state index contributed by atoms with van der Waals surface area (Å²) in [5, 5.41) is 7.84. The molecular weight excluding hydrogens is 396 g/mol. The zero-order valence-electron chi connectivity index (χ0n) is 16.9. The van der Waals surface area contributed by atoms with Crippen molar-refractivity contribution in [2.45, 2.75) is 25.7 Å². The van der Waals surface area contributed by atoms with E-state index in [0.29, 0.717) is 10.7 Å². The molecule has 0 unspecified atom stereocenters. The van der Waals surface area contributed by atoms with Crippen molar-refractivity contribution >= 4 is 33.9 Å². The van der Waals surface area contributed by atoms with Crippen LogP contribution >= 0.6 is 11.3 Å². The minimum atomic E-state index is -0.304. The van der Waals surface area contributed by atoms with Crippen LogP contribution in [0, 0.1) is 0 Å². The monoisotopic (exact) mass is 420 g/mol. The molecule has 2 N–H and O–H groups in total. The molecule has 0 saturated carbocycles. The number of nitrogens with one attached hydrogen (secondary N) is 2. The molecule has 7 heteroatoms. The molecule has 0 spiro atoms. The molecule has 4 rings (SSSR count). The maximum Gasteiger partial charge on any atom is 0.253 e. The number of rotatable bonds is 6. The highest BCUT2D eigenvalue weighted by Crippen LogP contribution is 2.31. The SMILES string of the molecule is Cn1ccc(C(=O)NCC(=O)Nc2nc(-c3cccc(C4=CCCCC4)c3)cs2)c1. The fourth-order valence-electron chi connectivity index (χ4n) is 3.51. The van der Waals surface area contributed by atoms with Gasteiger partial charge in [0.1, 0.15) is 0 Å². The summed E-state index contributed by atoms with van der Waals surface area (Å²) in [4.78, 5) is 28.8. The summed E-state index contributed by atoms with van der Waals surface area (Å²) in [5.41, 5.74) is 5.04. The van der Waals surface area contributed by atoms with Crippen LogP contribution < -0.4 is 10.6 Å². The Morgan fingerprint density at radius 2 is 2.07 bits per heavy atom. The molecule has 0 aliphatic heterocycles. The molecule has 0 radical (unpaired) electrons. The number of carbonyl (C=O) groups is 2. The lowest BCUT2D eigenvalue weighted by Gasteiger charge is -2.13. The van der Waals surface area contributed by atoms with Gasteiger partial charge < -0.3 is 15.2 Å². The highest BCUT2D eigenvalue weighted by Gasteiger charge is 2.12. The summed E-state index contributed by atoms with van der Waals surface area (Å²) in [7, 11) is 1.84. The van der Waals surface area contributed by atoms with Crippen molar-refractivity contribution in [3.05, 3.63) is 65.3 Å². The lowest BCUT2D eigenvalue weighted by atomic mass is 9.92. The van der Waals surface area contributed by atoms with Gasteiger partial charge in [-0.3, -0.25) is 9.59 Å². The van der Waals surface area contributed by atoms with Crippen LogP contribution in [0.25, 0.3) is 16.8 Å². The Labute approximate surface area is 179 Å². The first kappa shape index (κ1) is 20.1. The molecular formula is C23H24N4O2S. The second-order valence-electron chi connectivity index (χ2n) is 7.39. The minimum absolute atomic E-state index is 0.105. The minimum Gasteiger partial charge on any atom is -0.356 e. The average Bonchev–Trinajstić information content (AvgIpc) is 3.42. The molecule has 154 valence electrons. The van der Waals surface area contributed by atoms with Crippen LogP contribution in [0.1, 0.15) is 41.6 Å². The van der Waals surface area contributed by atoms with Crippen LogP contribution in [0.2, 0.25) is 0 Å². The van der Waals surface area contributed by atoms with Gasteiger partial charge >= 0.3 is 0 Å². The molecule has 2 aromatic heterocycles. The smallest absolute Gasteiger partial charge is 0.253 e. The summed E-state index contributed by atoms with van der Waals surface area (Å²) in [6, 6.07) is 10.1. The highest BCUT2D eigenvalue weighted by molar-refractivity contribution is 7.14. The van der Waals surface area contributed by atoms with Gasteiger partial charge in [-0.15, -0.1) is 11.3 Å². The van der Waals surface area contributed by atoms with Crippen LogP contribution in [0.3, 0.4) is 0 Å². The number of aryl methyl sites for hydroxylation is 1. The standard InChI is InChI=1S/C23H24N4O2S/c1-27-11-10-19(14-27)22(29)24-13-21(28)26-23-25-20(15-30-23)18-9-5-8-17(12-18)16-6-3-2-4-7-16/h5-6,8-12,14-15H,2-4,7,13H2,1H3,(H,24,29)(H,25,26,28). The highest BCUT2D eigenvalue weighted by atomic mass is 32.1. The van der Waals surface area contributed by atoms with E-state index >= 15 is 0 Å². The number of hydrogen-bond donors (Lipinski definition) is 2. The molecule has 30 heavy (non-hydrogen) atoms. The van der Waals surface area contributed by atoms with Crippen LogP contribution in [-0.4, -0.2) is 27.9 Å². The van der Waals surface area contributed by atoms with Crippen LogP contribution in [0.5, 0.6) is 0 Å². The van der Waals surface area contributed by atoms with E-state index in [2.05, 4.69) is 39.9 Å². The predicted octanol–water partition coefficient (Wildman–Crippen LogP) is 4.47. The number of thiazole rings is 1. The third-order valence-corrected chi connectivity index (χ3v) is 5.83. The van der Waals surface area contributed by atoms with Crippen LogP contribution in [-0.2, 0) is 11.8 Å². The second kappa shape index (κ2) is 9.09. The summed E-state index contributed by atoms with van der Waals surface area (Å²) >= 11 is 1.37. The van der Waals surface area contributed by atoms with Crippen molar-refractivity contribution in [1.29, 1.82) is 0 Å². The van der Waals surface area contributed by atoms with Gasteiger partial charge in [0.2, 0.25) is 5.91 Å². The Kier molecular flexibility index (Phi) is 6.09. The number of aromatic nitrogens is 2. The molecule has 0 saturated heterocycles. The zero-order valence-corrected chi connectivity index (χ0v) is 17.7. The fourth-order valence-corrected chi connectivity index (χ4v) is 4.24. The molecule has 2 amide bonds. The van der Waals surface area contributed by atoms with Gasteiger partial charge in [-0.2, -0.15) is 0 Å². The van der Waals surface area contributed by atoms with Gasteiger partial charge in [0.15, 0.2) is 5.13 Å². The van der Waals surface area contributed by atoms with Crippen molar-refractivity contribution in [3.8, 4) is 11.3 Å². The molecule has 1 aromatic carbocycles. The topological polar surface area (TPSA) is 76.0 Å². The third-order valence-electron chi connectivity index (χ3n) is 5.07. The molecule has 1 aliphatic carbocycles. The maximum absolute atomic E-state index is 12.2. The van der Waals surface area contributed by atoms with E-state index in [-0.39, 0.29) is 18.4 Å². The summed E-state index contributed by atoms with van der Waals surface area (Å²) < 4.78 is 1.78. The summed E-state index contributed by atoms with van der Waals surface area (Å²) in [6.45, 7) is -0.105. The number of anilines is 1. The zero-order chi connectivity index (χ0) is 20.9. The first-order valence-electron chi connectivity index (χ1n) is 10.0. The van der Waals surface area contributed by atoms with Crippen molar-refractivity contribution in [1.82, 2.24) is 14.9 Å². The Morgan fingerprint density at radius 3 is 2.83 bits per heavy atom. The molecule has 3 aromatic rings. The number of nitrogens with zero attached hydrogens (tertiary/aromatic N) is 2. The normalized spacial score (nSPS) is 13.6. The van der Waals surface area contributed by atoms with Gasteiger partial charge in [0, 0.05) is 30.4 Å². The van der Waals surface area contributed by atoms with E-state index in [0.717, 1.165) is 24.1 Å². The Balaban J connectivity index is 1.36. The van der Waals surface area contributed by atoms with Gasteiger partial charge in [0.25, 0.3) is 5.91 Å². The molecule has 6 nitrogen and oxygen atoms in total. The third kappa shape index (κ3) is 4.86. The second-order valence-corrected chi connectivity index (χ2v) is 8.25. The number of hydrogen-bond acceptors (Lipinski definition) is 4. The summed E-state index contributed by atoms with van der Waals surface area (Å²) in [5.74, 6) is -0.583. The van der Waals surface area contributed by atoms with E-state index in [1.54, 1.807) is 23.0 Å². The summed E-state index contributed by atoms with van der Waals surface area (Å²) in [6.07, 6.45) is 10.6. The van der Waals surface area contributed by atoms with Crippen molar-refractivity contribution in [3.63, 3.8) is 0 Å². The van der Waals surface area contributed by atoms with Gasteiger partial charge in [-0.05, 0) is 49.0 Å². The first-order valence-corrected chi connectivity index (χ1v) is 10.9. The van der Waals surface area contributed by atoms with Gasteiger partial charge in [-0.25, -0.2) is 4.98 Å². The number of amides is 2. The van der Waals surface area contributed by atoms with E-state index in [1.165, 1.54) is 35.3 Å². The lowest BCUT2D eigenvalue weighted by molar-refractivity contribution is -0.115. The molecule has 0 atom stereocenters. The number of allylic oxidation sites excluding steroid dienone is 2. The quantitative estimate of drug-likeness (QED) is 0.618. The number of carbonyl (C=O) groups excluding carboxylic acids is 2. The molecule has 2 heterocycles. The molecule has 1 aliphatic rings. The van der Waals surface area contributed by atoms with Crippen LogP contribution in [0.4, 0.5) is 5.13 Å². The van der Waals surface area contributed by atoms with Crippen molar-refractivity contribution < 1.29 is 9.59 Å². The van der Waals surface area contributed by atoms with E-state index in [1.807, 2.05) is 18.5 Å². The largest absolute Gasteiger partial charge is 0.356 e. The lowest BCUT2D eigenvalue weighted by Crippen LogP contribution is -2.32. The van der Waals surface area contributed by atoms with E-state index in [9.17, 15) is 9.59 Å². The van der Waals surface area contributed by atoms with E-state index in [4.69, 9.17) is 0 Å². The van der Waals surface area contributed by atoms with Crippen LogP contribution in [0.15, 0.2) is 54.2 Å². The Bertz CT molecular complexity index is 1100.